The lowest BCUT2D eigenvalue weighted by atomic mass is 10.0. The van der Waals surface area contributed by atoms with E-state index >= 15 is 0 Å². The zero-order valence-corrected chi connectivity index (χ0v) is 11.3. The molecule has 110 valence electrons. The van der Waals surface area contributed by atoms with Crippen molar-refractivity contribution in [3.63, 3.8) is 0 Å². The van der Waals surface area contributed by atoms with Crippen LogP contribution in [0.15, 0.2) is 54.6 Å². The van der Waals surface area contributed by atoms with Gasteiger partial charge in [0.15, 0.2) is 5.78 Å². The number of rotatable bonds is 3. The maximum absolute atomic E-state index is 12.9. The van der Waals surface area contributed by atoms with Crippen LogP contribution in [0.25, 0.3) is 6.08 Å². The van der Waals surface area contributed by atoms with Crippen LogP contribution >= 0.6 is 0 Å². The molecule has 0 N–H and O–H groups in total. The molecule has 0 saturated heterocycles. The molecule has 0 radical (unpaired) electrons. The zero-order valence-electron chi connectivity index (χ0n) is 11.3. The van der Waals surface area contributed by atoms with Crippen molar-refractivity contribution in [1.29, 1.82) is 5.26 Å². The molecule has 22 heavy (non-hydrogen) atoms. The highest BCUT2D eigenvalue weighted by molar-refractivity contribution is 6.07. The van der Waals surface area contributed by atoms with Crippen molar-refractivity contribution < 1.29 is 18.0 Å². The minimum absolute atomic E-state index is 0.400. The van der Waals surface area contributed by atoms with E-state index in [0.29, 0.717) is 11.1 Å². The van der Waals surface area contributed by atoms with Gasteiger partial charge in [0.2, 0.25) is 0 Å². The zero-order chi connectivity index (χ0) is 16.2. The molecule has 0 atom stereocenters. The van der Waals surface area contributed by atoms with Gasteiger partial charge in [0.1, 0.15) is 0 Å². The molecule has 0 aliphatic carbocycles. The van der Waals surface area contributed by atoms with Crippen LogP contribution in [0.4, 0.5) is 13.2 Å². The van der Waals surface area contributed by atoms with E-state index in [2.05, 4.69) is 0 Å². The molecule has 0 aromatic heterocycles. The van der Waals surface area contributed by atoms with E-state index in [1.54, 1.807) is 24.3 Å². The molecule has 2 rings (SSSR count). The Morgan fingerprint density at radius 1 is 1.09 bits per heavy atom. The van der Waals surface area contributed by atoms with Crippen molar-refractivity contribution in [2.24, 2.45) is 0 Å². The molecule has 2 aromatic rings. The van der Waals surface area contributed by atoms with E-state index in [4.69, 9.17) is 5.26 Å². The molecule has 0 unspecified atom stereocenters. The molecule has 2 aromatic carbocycles. The average molecular weight is 301 g/mol. The normalized spacial score (nSPS) is 11.4. The third-order valence-electron chi connectivity index (χ3n) is 2.94. The smallest absolute Gasteiger partial charge is 0.289 e. The largest absolute Gasteiger partial charge is 0.417 e. The molecule has 0 spiro atoms. The van der Waals surface area contributed by atoms with E-state index < -0.39 is 23.1 Å². The van der Waals surface area contributed by atoms with E-state index in [0.717, 1.165) is 18.2 Å². The molecule has 0 fully saturated rings. The second-order valence-corrected chi connectivity index (χ2v) is 4.48. The fraction of sp³-hybridized carbons (Fsp3) is 0.0588. The van der Waals surface area contributed by atoms with Gasteiger partial charge in [0.05, 0.1) is 17.2 Å². The Morgan fingerprint density at radius 2 is 1.82 bits per heavy atom. The number of nitriles is 1. The first-order valence-electron chi connectivity index (χ1n) is 6.30. The van der Waals surface area contributed by atoms with Crippen molar-refractivity contribution >= 4 is 11.9 Å². The summed E-state index contributed by atoms with van der Waals surface area (Å²) in [5.41, 5.74) is -0.389. The predicted octanol–water partition coefficient (Wildman–Crippen LogP) is 4.47. The average Bonchev–Trinajstić information content (AvgIpc) is 2.52. The Morgan fingerprint density at radius 3 is 2.50 bits per heavy atom. The molecular formula is C17H10F3NO. The Kier molecular flexibility index (Phi) is 4.42. The van der Waals surface area contributed by atoms with Crippen molar-refractivity contribution in [3.8, 4) is 6.07 Å². The molecule has 0 heterocycles. The molecule has 2 nitrogen and oxygen atoms in total. The summed E-state index contributed by atoms with van der Waals surface area (Å²) in [5, 5.41) is 8.78. The van der Waals surface area contributed by atoms with Crippen LogP contribution < -0.4 is 0 Å². The van der Waals surface area contributed by atoms with Gasteiger partial charge in [-0.2, -0.15) is 18.4 Å². The van der Waals surface area contributed by atoms with Gasteiger partial charge in [0, 0.05) is 5.56 Å². The highest BCUT2D eigenvalue weighted by Gasteiger charge is 2.34. The summed E-state index contributed by atoms with van der Waals surface area (Å²) in [7, 11) is 0. The minimum atomic E-state index is -4.58. The van der Waals surface area contributed by atoms with E-state index in [1.807, 2.05) is 6.07 Å². The fourth-order valence-electron chi connectivity index (χ4n) is 1.92. The maximum Gasteiger partial charge on any atom is 0.417 e. The fourth-order valence-corrected chi connectivity index (χ4v) is 1.92. The number of alkyl halides is 3. The molecule has 0 amide bonds. The van der Waals surface area contributed by atoms with Crippen LogP contribution in [0, 0.1) is 11.3 Å². The number of halogens is 3. The summed E-state index contributed by atoms with van der Waals surface area (Å²) in [6, 6.07) is 13.0. The predicted molar refractivity (Wildman–Crippen MR) is 76.0 cm³/mol. The van der Waals surface area contributed by atoms with Crippen molar-refractivity contribution in [1.82, 2.24) is 0 Å². The lowest BCUT2D eigenvalue weighted by Crippen LogP contribution is -2.11. The van der Waals surface area contributed by atoms with Crippen molar-refractivity contribution in [2.45, 2.75) is 6.18 Å². The quantitative estimate of drug-likeness (QED) is 0.620. The first-order valence-corrected chi connectivity index (χ1v) is 6.30. The number of hydrogen-bond donors (Lipinski definition) is 0. The second-order valence-electron chi connectivity index (χ2n) is 4.48. The number of ketones is 1. The summed E-state index contributed by atoms with van der Waals surface area (Å²) in [5.74, 6) is -0.740. The van der Waals surface area contributed by atoms with Crippen LogP contribution in [-0.2, 0) is 6.18 Å². The Balaban J connectivity index is 2.30. The SMILES string of the molecule is N#Cc1cccc(/C=C/C(=O)c2ccccc2C(F)(F)F)c1. The number of carbonyl (C=O) groups is 1. The summed E-state index contributed by atoms with van der Waals surface area (Å²) in [6.45, 7) is 0. The number of allylic oxidation sites excluding steroid dienone is 1. The Hall–Kier alpha value is -2.87. The summed E-state index contributed by atoms with van der Waals surface area (Å²) in [4.78, 5) is 12.0. The molecule has 5 heteroatoms. The van der Waals surface area contributed by atoms with Gasteiger partial charge >= 0.3 is 6.18 Å². The van der Waals surface area contributed by atoms with Crippen molar-refractivity contribution in [2.75, 3.05) is 0 Å². The van der Waals surface area contributed by atoms with Gasteiger partial charge in [-0.25, -0.2) is 0 Å². The van der Waals surface area contributed by atoms with Gasteiger partial charge in [-0.15, -0.1) is 0 Å². The summed E-state index contributed by atoms with van der Waals surface area (Å²) in [6.07, 6.45) is -2.13. The Bertz CT molecular complexity index is 770. The van der Waals surface area contributed by atoms with Crippen LogP contribution in [0.1, 0.15) is 27.0 Å². The number of benzene rings is 2. The van der Waals surface area contributed by atoms with Gasteiger partial charge in [-0.3, -0.25) is 4.79 Å². The molecule has 0 aliphatic heterocycles. The number of carbonyl (C=O) groups excluding carboxylic acids is 1. The van der Waals surface area contributed by atoms with Gasteiger partial charge in [-0.1, -0.05) is 36.4 Å². The highest BCUT2D eigenvalue weighted by atomic mass is 19.4. The lowest BCUT2D eigenvalue weighted by Gasteiger charge is -2.10. The molecule has 0 saturated carbocycles. The van der Waals surface area contributed by atoms with E-state index in [1.165, 1.54) is 18.2 Å². The highest BCUT2D eigenvalue weighted by Crippen LogP contribution is 2.32. The Labute approximate surface area is 125 Å². The number of nitrogens with zero attached hydrogens (tertiary/aromatic N) is 1. The van der Waals surface area contributed by atoms with Gasteiger partial charge < -0.3 is 0 Å². The van der Waals surface area contributed by atoms with E-state index in [-0.39, 0.29) is 0 Å². The van der Waals surface area contributed by atoms with Gasteiger partial charge in [0.25, 0.3) is 0 Å². The third kappa shape index (κ3) is 3.61. The van der Waals surface area contributed by atoms with Gasteiger partial charge in [-0.05, 0) is 29.8 Å². The summed E-state index contributed by atoms with van der Waals surface area (Å²) < 4.78 is 38.6. The second kappa shape index (κ2) is 6.27. The number of hydrogen-bond acceptors (Lipinski definition) is 2. The van der Waals surface area contributed by atoms with Crippen LogP contribution in [0.5, 0.6) is 0 Å². The minimum Gasteiger partial charge on any atom is -0.289 e. The molecular weight excluding hydrogens is 291 g/mol. The van der Waals surface area contributed by atoms with Crippen LogP contribution in [0.2, 0.25) is 0 Å². The summed E-state index contributed by atoms with van der Waals surface area (Å²) >= 11 is 0. The van der Waals surface area contributed by atoms with Crippen molar-refractivity contribution in [3.05, 3.63) is 76.9 Å². The first kappa shape index (κ1) is 15.5. The molecule has 0 aliphatic rings. The maximum atomic E-state index is 12.9. The first-order chi connectivity index (χ1) is 10.4. The van der Waals surface area contributed by atoms with Crippen LogP contribution in [-0.4, -0.2) is 5.78 Å². The topological polar surface area (TPSA) is 40.9 Å². The van der Waals surface area contributed by atoms with Crippen LogP contribution in [0.3, 0.4) is 0 Å². The third-order valence-corrected chi connectivity index (χ3v) is 2.94. The standard InChI is InChI=1S/C17H10F3NO/c18-17(19,20)15-7-2-1-6-14(15)16(22)9-8-12-4-3-5-13(10-12)11-21/h1-10H/b9-8+. The monoisotopic (exact) mass is 301 g/mol. The lowest BCUT2D eigenvalue weighted by molar-refractivity contribution is -0.137. The molecule has 0 bridgehead atoms. The van der Waals surface area contributed by atoms with E-state index in [9.17, 15) is 18.0 Å².